The summed E-state index contributed by atoms with van der Waals surface area (Å²) in [5.41, 5.74) is 5.36. The largest absolute Gasteiger partial charge is 0.350 e. The molecule has 31 heavy (non-hydrogen) atoms. The Morgan fingerprint density at radius 2 is 1.48 bits per heavy atom. The van der Waals surface area contributed by atoms with Crippen molar-refractivity contribution in [3.8, 4) is 0 Å². The van der Waals surface area contributed by atoms with Crippen LogP contribution in [0.3, 0.4) is 0 Å². The zero-order valence-corrected chi connectivity index (χ0v) is 18.8. The van der Waals surface area contributed by atoms with Crippen LogP contribution in [0, 0.1) is 20.8 Å². The number of nitrogens with one attached hydrogen (secondary N) is 1. The van der Waals surface area contributed by atoms with Crippen molar-refractivity contribution >= 4 is 52.0 Å². The molecule has 1 aliphatic rings. The molecule has 0 fully saturated rings. The number of hydrogen-bond donors (Lipinski definition) is 1. The summed E-state index contributed by atoms with van der Waals surface area (Å²) < 4.78 is 0. The Morgan fingerprint density at radius 3 is 2.16 bits per heavy atom. The van der Waals surface area contributed by atoms with Gasteiger partial charge in [-0.25, -0.2) is 4.90 Å². The van der Waals surface area contributed by atoms with Gasteiger partial charge in [-0.1, -0.05) is 47.5 Å². The van der Waals surface area contributed by atoms with E-state index in [4.69, 9.17) is 23.2 Å². The molecular formula is C25H20Cl2N2O2. The lowest BCUT2D eigenvalue weighted by Crippen LogP contribution is -2.32. The van der Waals surface area contributed by atoms with Gasteiger partial charge in [-0.15, -0.1) is 0 Å². The number of carbonyl (C=O) groups is 2. The number of benzene rings is 3. The van der Waals surface area contributed by atoms with Crippen LogP contribution in [-0.4, -0.2) is 11.8 Å². The van der Waals surface area contributed by atoms with Crippen LogP contribution in [0.15, 0.2) is 66.4 Å². The Labute approximate surface area is 191 Å². The Balaban J connectivity index is 1.87. The molecule has 3 aromatic carbocycles. The molecule has 0 aliphatic carbocycles. The van der Waals surface area contributed by atoms with Crippen LogP contribution in [-0.2, 0) is 9.59 Å². The summed E-state index contributed by atoms with van der Waals surface area (Å²) >= 11 is 12.2. The fourth-order valence-corrected chi connectivity index (χ4v) is 3.97. The van der Waals surface area contributed by atoms with Crippen molar-refractivity contribution in [1.82, 2.24) is 0 Å². The molecule has 1 heterocycles. The van der Waals surface area contributed by atoms with Gasteiger partial charge >= 0.3 is 0 Å². The SMILES string of the molecule is Cc1ccc(C2=C(Nc3ccc(Cl)cc3C)C(=O)N(c3cccc(Cl)c3)C2=O)cc1C. The van der Waals surface area contributed by atoms with Gasteiger partial charge in [-0.3, -0.25) is 9.59 Å². The second kappa shape index (κ2) is 8.22. The highest BCUT2D eigenvalue weighted by atomic mass is 35.5. The van der Waals surface area contributed by atoms with E-state index in [1.54, 1.807) is 42.5 Å². The van der Waals surface area contributed by atoms with Crippen molar-refractivity contribution in [2.24, 2.45) is 0 Å². The molecule has 0 saturated heterocycles. The van der Waals surface area contributed by atoms with Gasteiger partial charge < -0.3 is 5.32 Å². The smallest absolute Gasteiger partial charge is 0.282 e. The molecule has 0 saturated carbocycles. The Hall–Kier alpha value is -3.08. The molecule has 6 heteroatoms. The summed E-state index contributed by atoms with van der Waals surface area (Å²) in [5.74, 6) is -0.834. The average Bonchev–Trinajstić information content (AvgIpc) is 2.96. The van der Waals surface area contributed by atoms with E-state index in [1.165, 1.54) is 0 Å². The maximum Gasteiger partial charge on any atom is 0.282 e. The van der Waals surface area contributed by atoms with Crippen LogP contribution in [0.2, 0.25) is 10.0 Å². The number of halogens is 2. The number of imide groups is 1. The lowest BCUT2D eigenvalue weighted by atomic mass is 9.99. The third-order valence-corrected chi connectivity index (χ3v) is 5.86. The predicted octanol–water partition coefficient (Wildman–Crippen LogP) is 6.32. The first-order chi connectivity index (χ1) is 14.8. The van der Waals surface area contributed by atoms with E-state index >= 15 is 0 Å². The highest BCUT2D eigenvalue weighted by Crippen LogP contribution is 2.35. The predicted molar refractivity (Wildman–Crippen MR) is 127 cm³/mol. The first-order valence-corrected chi connectivity index (χ1v) is 10.5. The van der Waals surface area contributed by atoms with E-state index in [0.717, 1.165) is 21.6 Å². The molecule has 4 rings (SSSR count). The van der Waals surface area contributed by atoms with Crippen molar-refractivity contribution in [1.29, 1.82) is 0 Å². The second-order valence-electron chi connectivity index (χ2n) is 7.56. The fourth-order valence-electron chi connectivity index (χ4n) is 3.56. The summed E-state index contributed by atoms with van der Waals surface area (Å²) in [5, 5.41) is 4.23. The van der Waals surface area contributed by atoms with Crippen LogP contribution in [0.25, 0.3) is 5.57 Å². The lowest BCUT2D eigenvalue weighted by Gasteiger charge is -2.16. The van der Waals surface area contributed by atoms with Gasteiger partial charge in [-0.05, 0) is 79.4 Å². The van der Waals surface area contributed by atoms with Gasteiger partial charge in [0.15, 0.2) is 0 Å². The van der Waals surface area contributed by atoms with Crippen LogP contribution in [0.4, 0.5) is 11.4 Å². The van der Waals surface area contributed by atoms with Crippen molar-refractivity contribution in [3.63, 3.8) is 0 Å². The quantitative estimate of drug-likeness (QED) is 0.473. The molecule has 2 amide bonds. The van der Waals surface area contributed by atoms with Gasteiger partial charge in [0, 0.05) is 15.7 Å². The molecule has 0 spiro atoms. The number of nitrogens with zero attached hydrogens (tertiary/aromatic N) is 1. The fraction of sp³-hybridized carbons (Fsp3) is 0.120. The molecule has 3 aromatic rings. The molecule has 156 valence electrons. The third-order valence-electron chi connectivity index (χ3n) is 5.39. The second-order valence-corrected chi connectivity index (χ2v) is 8.43. The van der Waals surface area contributed by atoms with Crippen LogP contribution < -0.4 is 10.2 Å². The molecule has 0 atom stereocenters. The molecule has 0 radical (unpaired) electrons. The minimum Gasteiger partial charge on any atom is -0.350 e. The van der Waals surface area contributed by atoms with E-state index in [9.17, 15) is 9.59 Å². The number of aryl methyl sites for hydroxylation is 3. The van der Waals surface area contributed by atoms with E-state index in [1.807, 2.05) is 39.0 Å². The highest BCUT2D eigenvalue weighted by Gasteiger charge is 2.40. The lowest BCUT2D eigenvalue weighted by molar-refractivity contribution is -0.120. The Kier molecular flexibility index (Phi) is 5.61. The summed E-state index contributed by atoms with van der Waals surface area (Å²) in [6.07, 6.45) is 0. The van der Waals surface area contributed by atoms with Gasteiger partial charge in [-0.2, -0.15) is 0 Å². The number of rotatable bonds is 4. The van der Waals surface area contributed by atoms with Crippen molar-refractivity contribution < 1.29 is 9.59 Å². The molecule has 0 unspecified atom stereocenters. The van der Waals surface area contributed by atoms with E-state index in [0.29, 0.717) is 32.6 Å². The molecule has 0 aromatic heterocycles. The molecule has 0 bridgehead atoms. The highest BCUT2D eigenvalue weighted by molar-refractivity contribution is 6.46. The summed E-state index contributed by atoms with van der Waals surface area (Å²) in [6, 6.07) is 17.8. The standard InChI is InChI=1S/C25H20Cl2N2O2/c1-14-7-8-17(11-15(14)2)22-23(28-21-10-9-19(27)12-16(21)3)25(31)29(24(22)30)20-6-4-5-18(26)13-20/h4-13,28H,1-3H3. The van der Waals surface area contributed by atoms with Crippen molar-refractivity contribution in [3.05, 3.63) is 98.7 Å². The van der Waals surface area contributed by atoms with Crippen molar-refractivity contribution in [2.75, 3.05) is 10.2 Å². The van der Waals surface area contributed by atoms with Crippen LogP contribution in [0.5, 0.6) is 0 Å². The van der Waals surface area contributed by atoms with E-state index < -0.39 is 11.8 Å². The van der Waals surface area contributed by atoms with Gasteiger partial charge in [0.2, 0.25) is 0 Å². The number of amides is 2. The Bertz CT molecular complexity index is 1260. The zero-order valence-electron chi connectivity index (χ0n) is 17.3. The molecule has 1 aliphatic heterocycles. The maximum absolute atomic E-state index is 13.5. The minimum absolute atomic E-state index is 0.221. The molecular weight excluding hydrogens is 431 g/mol. The van der Waals surface area contributed by atoms with Gasteiger partial charge in [0.05, 0.1) is 11.3 Å². The normalized spacial score (nSPS) is 13.9. The minimum atomic E-state index is -0.435. The number of carbonyl (C=O) groups excluding carboxylic acids is 2. The number of hydrogen-bond acceptors (Lipinski definition) is 3. The monoisotopic (exact) mass is 450 g/mol. The Morgan fingerprint density at radius 1 is 0.742 bits per heavy atom. The zero-order chi connectivity index (χ0) is 22.3. The maximum atomic E-state index is 13.5. The topological polar surface area (TPSA) is 49.4 Å². The summed E-state index contributed by atoms with van der Waals surface area (Å²) in [4.78, 5) is 28.1. The average molecular weight is 451 g/mol. The summed E-state index contributed by atoms with van der Waals surface area (Å²) in [6.45, 7) is 5.87. The van der Waals surface area contributed by atoms with Gasteiger partial charge in [0.1, 0.15) is 5.70 Å². The molecule has 4 nitrogen and oxygen atoms in total. The third kappa shape index (κ3) is 3.97. The first-order valence-electron chi connectivity index (χ1n) is 9.75. The molecule has 1 N–H and O–H groups in total. The van der Waals surface area contributed by atoms with Crippen molar-refractivity contribution in [2.45, 2.75) is 20.8 Å². The first kappa shape index (κ1) is 21.2. The summed E-state index contributed by atoms with van der Waals surface area (Å²) in [7, 11) is 0. The number of anilines is 2. The van der Waals surface area contributed by atoms with Crippen LogP contribution >= 0.6 is 23.2 Å². The van der Waals surface area contributed by atoms with E-state index in [2.05, 4.69) is 5.32 Å². The van der Waals surface area contributed by atoms with Crippen LogP contribution in [0.1, 0.15) is 22.3 Å². The van der Waals surface area contributed by atoms with E-state index in [-0.39, 0.29) is 5.70 Å². The van der Waals surface area contributed by atoms with Gasteiger partial charge in [0.25, 0.3) is 11.8 Å².